The van der Waals surface area contributed by atoms with Gasteiger partial charge >= 0.3 is 0 Å². The van der Waals surface area contributed by atoms with Gasteiger partial charge in [0.15, 0.2) is 17.5 Å². The maximum Gasteiger partial charge on any atom is 0.246 e. The van der Waals surface area contributed by atoms with Crippen molar-refractivity contribution in [1.29, 1.82) is 0 Å². The van der Waals surface area contributed by atoms with E-state index in [0.29, 0.717) is 17.8 Å². The maximum absolute atomic E-state index is 13.6. The van der Waals surface area contributed by atoms with E-state index in [1.807, 2.05) is 24.3 Å². The molecule has 2 amide bonds. The van der Waals surface area contributed by atoms with Gasteiger partial charge in [0.25, 0.3) is 0 Å². The fourth-order valence-electron chi connectivity index (χ4n) is 2.76. The molecule has 3 rings (SSSR count). The molecule has 168 valence electrons. The lowest BCUT2D eigenvalue weighted by molar-refractivity contribution is -0.126. The minimum absolute atomic E-state index is 0.339. The molecule has 0 fully saturated rings. The smallest absolute Gasteiger partial charge is 0.246 e. The van der Waals surface area contributed by atoms with Crippen molar-refractivity contribution in [1.82, 2.24) is 25.5 Å². The summed E-state index contributed by atoms with van der Waals surface area (Å²) in [5, 5.41) is 16.5. The third-order valence-electron chi connectivity index (χ3n) is 4.72. The topological polar surface area (TPSA) is 102 Å². The Labute approximate surface area is 181 Å². The number of amides is 2. The van der Waals surface area contributed by atoms with Crippen molar-refractivity contribution in [3.8, 4) is 11.4 Å². The molecule has 1 heterocycles. The van der Waals surface area contributed by atoms with Gasteiger partial charge in [-0.3, -0.25) is 9.59 Å². The minimum atomic E-state index is -1.70. The lowest BCUT2D eigenvalue weighted by Crippen LogP contribution is -2.37. The van der Waals surface area contributed by atoms with Crippen LogP contribution in [-0.4, -0.2) is 38.6 Å². The Morgan fingerprint density at radius 1 is 1.00 bits per heavy atom. The Hall–Kier alpha value is -3.76. The predicted octanol–water partition coefficient (Wildman–Crippen LogP) is 3.20. The van der Waals surface area contributed by atoms with E-state index in [2.05, 4.69) is 39.9 Å². The van der Waals surface area contributed by atoms with Crippen LogP contribution in [0.15, 0.2) is 36.4 Å². The summed E-state index contributed by atoms with van der Waals surface area (Å²) in [6.45, 7) is 5.15. The number of hydrogen-bond acceptors (Lipinski definition) is 5. The van der Waals surface area contributed by atoms with Crippen LogP contribution < -0.4 is 10.6 Å². The Morgan fingerprint density at radius 2 is 1.69 bits per heavy atom. The average Bonchev–Trinajstić information content (AvgIpc) is 3.27. The van der Waals surface area contributed by atoms with E-state index >= 15 is 0 Å². The number of rotatable bonds is 7. The van der Waals surface area contributed by atoms with Crippen LogP contribution in [0.4, 0.5) is 18.9 Å². The standard InChI is InChI=1S/C21H21F3N6O2/c1-11(2)13-4-6-14(7-5-13)20-27-29-30(28-20)12(3)21(32)25-10-17(31)26-16-9-8-15(22)18(23)19(16)24/h4-9,11-12H,10H2,1-3H3,(H,25,32)(H,26,31)/t12-/m0/s1. The summed E-state index contributed by atoms with van der Waals surface area (Å²) in [5.41, 5.74) is 1.36. The van der Waals surface area contributed by atoms with Crippen LogP contribution in [0.25, 0.3) is 11.4 Å². The van der Waals surface area contributed by atoms with Gasteiger partial charge in [0, 0.05) is 5.56 Å². The highest BCUT2D eigenvalue weighted by Crippen LogP contribution is 2.20. The summed E-state index contributed by atoms with van der Waals surface area (Å²) in [5.74, 6) is -5.30. The molecule has 0 unspecified atom stereocenters. The van der Waals surface area contributed by atoms with Crippen molar-refractivity contribution in [3.63, 3.8) is 0 Å². The lowest BCUT2D eigenvalue weighted by atomic mass is 10.0. The number of carbonyl (C=O) groups excluding carboxylic acids is 2. The molecule has 0 aliphatic heterocycles. The summed E-state index contributed by atoms with van der Waals surface area (Å²) in [6, 6.07) is 8.33. The van der Waals surface area contributed by atoms with Crippen LogP contribution in [0, 0.1) is 17.5 Å². The quantitative estimate of drug-likeness (QED) is 0.543. The molecule has 1 atom stereocenters. The minimum Gasteiger partial charge on any atom is -0.345 e. The predicted molar refractivity (Wildman–Crippen MR) is 110 cm³/mol. The lowest BCUT2D eigenvalue weighted by Gasteiger charge is -2.11. The van der Waals surface area contributed by atoms with Crippen LogP contribution >= 0.6 is 0 Å². The summed E-state index contributed by atoms with van der Waals surface area (Å²) >= 11 is 0. The fraction of sp³-hybridized carbons (Fsp3) is 0.286. The normalized spacial score (nSPS) is 12.0. The first-order chi connectivity index (χ1) is 15.2. The van der Waals surface area contributed by atoms with Crippen LogP contribution in [0.2, 0.25) is 0 Å². The van der Waals surface area contributed by atoms with Crippen molar-refractivity contribution in [2.24, 2.45) is 0 Å². The second-order valence-electron chi connectivity index (χ2n) is 7.38. The second-order valence-corrected chi connectivity index (χ2v) is 7.38. The van der Waals surface area contributed by atoms with E-state index in [0.717, 1.165) is 22.0 Å². The van der Waals surface area contributed by atoms with Gasteiger partial charge in [-0.25, -0.2) is 13.2 Å². The zero-order chi connectivity index (χ0) is 23.4. The second kappa shape index (κ2) is 9.58. The van der Waals surface area contributed by atoms with Crippen molar-refractivity contribution in [2.75, 3.05) is 11.9 Å². The molecule has 11 heteroatoms. The molecule has 0 saturated carbocycles. The number of hydrogen-bond donors (Lipinski definition) is 2. The highest BCUT2D eigenvalue weighted by molar-refractivity contribution is 5.95. The van der Waals surface area contributed by atoms with E-state index in [1.165, 1.54) is 6.92 Å². The average molecular weight is 446 g/mol. The fourth-order valence-corrected chi connectivity index (χ4v) is 2.76. The first kappa shape index (κ1) is 22.9. The number of carbonyl (C=O) groups is 2. The van der Waals surface area contributed by atoms with E-state index < -0.39 is 47.5 Å². The zero-order valence-corrected chi connectivity index (χ0v) is 17.6. The molecule has 0 bridgehead atoms. The van der Waals surface area contributed by atoms with E-state index in [-0.39, 0.29) is 0 Å². The van der Waals surface area contributed by atoms with Crippen LogP contribution in [0.3, 0.4) is 0 Å². The highest BCUT2D eigenvalue weighted by Gasteiger charge is 2.20. The molecular weight excluding hydrogens is 425 g/mol. The van der Waals surface area contributed by atoms with E-state index in [1.54, 1.807) is 0 Å². The molecule has 1 aromatic heterocycles. The summed E-state index contributed by atoms with van der Waals surface area (Å²) in [6.07, 6.45) is 0. The zero-order valence-electron chi connectivity index (χ0n) is 17.6. The van der Waals surface area contributed by atoms with E-state index in [9.17, 15) is 22.8 Å². The maximum atomic E-state index is 13.6. The molecule has 0 radical (unpaired) electrons. The molecule has 2 N–H and O–H groups in total. The molecule has 8 nitrogen and oxygen atoms in total. The van der Waals surface area contributed by atoms with Crippen molar-refractivity contribution in [3.05, 3.63) is 59.4 Å². The van der Waals surface area contributed by atoms with Gasteiger partial charge in [-0.2, -0.15) is 4.80 Å². The number of nitrogens with zero attached hydrogens (tertiary/aromatic N) is 4. The molecule has 0 saturated heterocycles. The summed E-state index contributed by atoms with van der Waals surface area (Å²) < 4.78 is 39.8. The van der Waals surface area contributed by atoms with Gasteiger partial charge in [-0.15, -0.1) is 10.2 Å². The first-order valence-electron chi connectivity index (χ1n) is 9.78. The first-order valence-corrected chi connectivity index (χ1v) is 9.78. The molecule has 0 spiro atoms. The summed E-state index contributed by atoms with van der Waals surface area (Å²) in [7, 11) is 0. The van der Waals surface area contributed by atoms with Gasteiger partial charge in [-0.1, -0.05) is 38.1 Å². The monoisotopic (exact) mass is 446 g/mol. The van der Waals surface area contributed by atoms with Gasteiger partial charge < -0.3 is 10.6 Å². The molecular formula is C21H21F3N6O2. The van der Waals surface area contributed by atoms with E-state index in [4.69, 9.17) is 0 Å². The Kier molecular flexibility index (Phi) is 6.86. The van der Waals surface area contributed by atoms with Crippen molar-refractivity contribution >= 4 is 17.5 Å². The summed E-state index contributed by atoms with van der Waals surface area (Å²) in [4.78, 5) is 25.4. The van der Waals surface area contributed by atoms with Crippen molar-refractivity contribution < 1.29 is 22.8 Å². The Morgan fingerprint density at radius 3 is 2.34 bits per heavy atom. The molecule has 0 aliphatic rings. The number of aromatic nitrogens is 4. The third kappa shape index (κ3) is 5.10. The van der Waals surface area contributed by atoms with Crippen LogP contribution in [-0.2, 0) is 9.59 Å². The number of tetrazole rings is 1. The Balaban J connectivity index is 1.58. The van der Waals surface area contributed by atoms with Crippen molar-refractivity contribution in [2.45, 2.75) is 32.7 Å². The number of halogens is 3. The molecule has 3 aromatic rings. The number of anilines is 1. The van der Waals surface area contributed by atoms with Gasteiger partial charge in [0.2, 0.25) is 17.6 Å². The number of benzene rings is 2. The number of nitrogens with one attached hydrogen (secondary N) is 2. The van der Waals surface area contributed by atoms with Crippen LogP contribution in [0.1, 0.15) is 38.3 Å². The largest absolute Gasteiger partial charge is 0.345 e. The Bertz CT molecular complexity index is 1130. The highest BCUT2D eigenvalue weighted by atomic mass is 19.2. The molecule has 2 aromatic carbocycles. The molecule has 32 heavy (non-hydrogen) atoms. The van der Waals surface area contributed by atoms with Gasteiger partial charge in [-0.05, 0) is 35.8 Å². The third-order valence-corrected chi connectivity index (χ3v) is 4.72. The van der Waals surface area contributed by atoms with Gasteiger partial charge in [0.05, 0.1) is 12.2 Å². The SMILES string of the molecule is CC(C)c1ccc(-c2nnn([C@@H](C)C(=O)NCC(=O)Nc3ccc(F)c(F)c3F)n2)cc1. The van der Waals surface area contributed by atoms with Crippen LogP contribution in [0.5, 0.6) is 0 Å². The molecule has 0 aliphatic carbocycles. The van der Waals surface area contributed by atoms with Gasteiger partial charge in [0.1, 0.15) is 6.04 Å².